The van der Waals surface area contributed by atoms with Crippen molar-refractivity contribution in [3.63, 3.8) is 0 Å². The van der Waals surface area contributed by atoms with Crippen LogP contribution < -0.4 is 10.9 Å². The maximum Gasteiger partial charge on any atom is 0.269 e. The Labute approximate surface area is 242 Å². The van der Waals surface area contributed by atoms with Crippen molar-refractivity contribution in [1.82, 2.24) is 39.6 Å². The van der Waals surface area contributed by atoms with Gasteiger partial charge in [-0.2, -0.15) is 10.4 Å². The van der Waals surface area contributed by atoms with Crippen LogP contribution in [-0.2, 0) is 13.0 Å². The van der Waals surface area contributed by atoms with Gasteiger partial charge in [0.15, 0.2) is 5.65 Å². The van der Waals surface area contributed by atoms with Gasteiger partial charge in [-0.3, -0.25) is 9.36 Å². The van der Waals surface area contributed by atoms with Gasteiger partial charge in [-0.15, -0.1) is 0 Å². The fourth-order valence-corrected chi connectivity index (χ4v) is 5.81. The lowest BCUT2D eigenvalue weighted by molar-refractivity contribution is 0.260. The lowest BCUT2D eigenvalue weighted by Gasteiger charge is -2.30. The highest BCUT2D eigenvalue weighted by atomic mass is 35.5. The van der Waals surface area contributed by atoms with Crippen LogP contribution in [0.3, 0.4) is 0 Å². The Morgan fingerprint density at radius 3 is 2.71 bits per heavy atom. The van der Waals surface area contributed by atoms with Crippen LogP contribution in [0.2, 0.25) is 5.02 Å². The molecule has 11 heteroatoms. The number of rotatable bonds is 6. The second-order valence-electron chi connectivity index (χ2n) is 11.1. The number of aromatic nitrogens is 7. The van der Waals surface area contributed by atoms with Crippen LogP contribution in [-0.4, -0.2) is 47.4 Å². The molecule has 6 rings (SSSR count). The summed E-state index contributed by atoms with van der Waals surface area (Å²) in [6.45, 7) is 8.51. The molecular weight excluding hydrogens is 538 g/mol. The SMILES string of the molecule is CC(C)Cc1nc2c(cnn2[C@@H]2CCNC[C@H]2C)c(-c2ccc3c(c2)ncc(=O)n3Cc2ncc(Cl)cn2)c1C#N. The van der Waals surface area contributed by atoms with Crippen LogP contribution >= 0.6 is 11.6 Å². The average Bonchev–Trinajstić information content (AvgIpc) is 3.37. The fraction of sp³-hybridized carbons (Fsp3) is 0.367. The molecule has 0 spiro atoms. The highest BCUT2D eigenvalue weighted by Crippen LogP contribution is 2.37. The second-order valence-corrected chi connectivity index (χ2v) is 11.5. The summed E-state index contributed by atoms with van der Waals surface area (Å²) < 4.78 is 3.64. The monoisotopic (exact) mass is 567 g/mol. The van der Waals surface area contributed by atoms with Crippen molar-refractivity contribution in [3.05, 3.63) is 75.4 Å². The van der Waals surface area contributed by atoms with Crippen molar-refractivity contribution in [2.75, 3.05) is 13.1 Å². The van der Waals surface area contributed by atoms with E-state index in [0.717, 1.165) is 47.4 Å². The van der Waals surface area contributed by atoms with E-state index in [2.05, 4.69) is 51.8 Å². The molecular formula is C30H30ClN9O. The van der Waals surface area contributed by atoms with E-state index in [-0.39, 0.29) is 18.1 Å². The number of benzene rings is 1. The summed E-state index contributed by atoms with van der Waals surface area (Å²) in [4.78, 5) is 30.8. The number of pyridine rings is 1. The summed E-state index contributed by atoms with van der Waals surface area (Å²) >= 11 is 5.93. The van der Waals surface area contributed by atoms with Crippen LogP contribution in [0, 0.1) is 23.2 Å². The number of hydrogen-bond donors (Lipinski definition) is 1. The molecule has 0 unspecified atom stereocenters. The molecule has 1 N–H and O–H groups in total. The van der Waals surface area contributed by atoms with Gasteiger partial charge in [-0.25, -0.2) is 24.6 Å². The van der Waals surface area contributed by atoms with Gasteiger partial charge in [-0.1, -0.05) is 38.4 Å². The number of nitriles is 1. The van der Waals surface area contributed by atoms with Gasteiger partial charge in [0.1, 0.15) is 11.9 Å². The van der Waals surface area contributed by atoms with E-state index in [1.54, 1.807) is 4.57 Å². The lowest BCUT2D eigenvalue weighted by Crippen LogP contribution is -2.36. The van der Waals surface area contributed by atoms with Gasteiger partial charge in [-0.05, 0) is 55.5 Å². The molecule has 0 radical (unpaired) electrons. The van der Waals surface area contributed by atoms with E-state index < -0.39 is 0 Å². The van der Waals surface area contributed by atoms with Crippen LogP contribution in [0.5, 0.6) is 0 Å². The summed E-state index contributed by atoms with van der Waals surface area (Å²) in [6, 6.07) is 8.39. The van der Waals surface area contributed by atoms with Crippen LogP contribution in [0.1, 0.15) is 50.3 Å². The molecule has 1 fully saturated rings. The van der Waals surface area contributed by atoms with Crippen molar-refractivity contribution < 1.29 is 0 Å². The standard InChI is InChI=1S/C30H30ClN9O/c1-17(2)8-23-21(10-32)29(22-14-37-40(30(22)38-23)25-6-7-33-11-18(25)3)19-4-5-26-24(9-19)34-15-28(41)39(26)16-27-35-12-20(31)13-36-27/h4-5,9,12-15,17-18,25,33H,6-8,11,16H2,1-3H3/t18-,25-/m1/s1. The molecule has 4 aromatic heterocycles. The van der Waals surface area contributed by atoms with Crippen LogP contribution in [0.15, 0.2) is 47.8 Å². The molecule has 0 aliphatic carbocycles. The number of hydrogen-bond acceptors (Lipinski definition) is 8. The quantitative estimate of drug-likeness (QED) is 0.317. The van der Waals surface area contributed by atoms with E-state index in [1.165, 1.54) is 18.6 Å². The molecule has 208 valence electrons. The first-order valence-electron chi connectivity index (χ1n) is 13.8. The minimum absolute atomic E-state index is 0.178. The van der Waals surface area contributed by atoms with E-state index in [9.17, 15) is 10.1 Å². The van der Waals surface area contributed by atoms with Crippen molar-refractivity contribution in [2.45, 2.75) is 46.2 Å². The van der Waals surface area contributed by atoms with E-state index in [4.69, 9.17) is 21.7 Å². The first kappa shape index (κ1) is 27.0. The Kier molecular flexibility index (Phi) is 7.24. The van der Waals surface area contributed by atoms with E-state index >= 15 is 0 Å². The Bertz CT molecular complexity index is 1850. The third kappa shape index (κ3) is 5.07. The number of nitrogens with one attached hydrogen (secondary N) is 1. The van der Waals surface area contributed by atoms with E-state index in [0.29, 0.717) is 45.7 Å². The molecule has 0 amide bonds. The third-order valence-electron chi connectivity index (χ3n) is 7.69. The summed E-state index contributed by atoms with van der Waals surface area (Å²) in [7, 11) is 0. The molecule has 1 aromatic carbocycles. The largest absolute Gasteiger partial charge is 0.316 e. The molecule has 2 atom stereocenters. The summed E-state index contributed by atoms with van der Waals surface area (Å²) in [6.07, 6.45) is 7.79. The third-order valence-corrected chi connectivity index (χ3v) is 7.89. The van der Waals surface area contributed by atoms with E-state index in [1.807, 2.05) is 24.4 Å². The zero-order valence-electron chi connectivity index (χ0n) is 23.2. The molecule has 1 aliphatic rings. The van der Waals surface area contributed by atoms with Gasteiger partial charge in [0.05, 0.1) is 52.3 Å². The molecule has 1 saturated heterocycles. The molecule has 5 heterocycles. The Hall–Kier alpha value is -4.20. The Morgan fingerprint density at radius 2 is 1.98 bits per heavy atom. The van der Waals surface area contributed by atoms with Gasteiger partial charge in [0.2, 0.25) is 0 Å². The number of piperidine rings is 1. The summed E-state index contributed by atoms with van der Waals surface area (Å²) in [5.41, 5.74) is 4.74. The van der Waals surface area contributed by atoms with Gasteiger partial charge < -0.3 is 5.32 Å². The van der Waals surface area contributed by atoms with Crippen LogP contribution in [0.25, 0.3) is 33.2 Å². The number of fused-ring (bicyclic) bond motifs is 2. The van der Waals surface area contributed by atoms with Crippen molar-refractivity contribution >= 4 is 33.7 Å². The Morgan fingerprint density at radius 1 is 1.17 bits per heavy atom. The molecule has 10 nitrogen and oxygen atoms in total. The van der Waals surface area contributed by atoms with Crippen LogP contribution in [0.4, 0.5) is 0 Å². The topological polar surface area (TPSA) is 127 Å². The van der Waals surface area contributed by atoms with Gasteiger partial charge in [0, 0.05) is 23.3 Å². The molecule has 1 aliphatic heterocycles. The number of nitrogens with zero attached hydrogens (tertiary/aromatic N) is 8. The smallest absolute Gasteiger partial charge is 0.269 e. The molecule has 5 aromatic rings. The highest BCUT2D eigenvalue weighted by Gasteiger charge is 2.28. The maximum atomic E-state index is 12.8. The highest BCUT2D eigenvalue weighted by molar-refractivity contribution is 6.30. The first-order valence-corrected chi connectivity index (χ1v) is 14.2. The zero-order chi connectivity index (χ0) is 28.7. The molecule has 41 heavy (non-hydrogen) atoms. The fourth-order valence-electron chi connectivity index (χ4n) is 5.72. The van der Waals surface area contributed by atoms with Crippen molar-refractivity contribution in [3.8, 4) is 17.2 Å². The minimum atomic E-state index is -0.260. The number of halogens is 1. The van der Waals surface area contributed by atoms with Gasteiger partial charge >= 0.3 is 0 Å². The van der Waals surface area contributed by atoms with Crippen molar-refractivity contribution in [2.24, 2.45) is 11.8 Å². The van der Waals surface area contributed by atoms with Gasteiger partial charge in [0.25, 0.3) is 5.56 Å². The predicted octanol–water partition coefficient (Wildman–Crippen LogP) is 4.54. The summed E-state index contributed by atoms with van der Waals surface area (Å²) in [5.74, 6) is 1.18. The lowest BCUT2D eigenvalue weighted by atomic mass is 9.93. The molecule has 0 bridgehead atoms. The zero-order valence-corrected chi connectivity index (χ0v) is 23.9. The maximum absolute atomic E-state index is 12.8. The second kappa shape index (κ2) is 11.0. The Balaban J connectivity index is 1.53. The van der Waals surface area contributed by atoms with Crippen molar-refractivity contribution in [1.29, 1.82) is 5.26 Å². The predicted molar refractivity (Wildman–Crippen MR) is 158 cm³/mol. The minimum Gasteiger partial charge on any atom is -0.316 e. The normalized spacial score (nSPS) is 17.4. The first-order chi connectivity index (χ1) is 19.8. The summed E-state index contributed by atoms with van der Waals surface area (Å²) in [5, 5.41) is 19.9. The average molecular weight is 568 g/mol. The molecule has 0 saturated carbocycles.